The van der Waals surface area contributed by atoms with Gasteiger partial charge in [0.15, 0.2) is 0 Å². The van der Waals surface area contributed by atoms with Crippen molar-refractivity contribution >= 4 is 17.4 Å². The molecule has 5 nitrogen and oxygen atoms in total. The minimum Gasteiger partial charge on any atom is -0.338 e. The molecular formula is C14H24N4OS. The Morgan fingerprint density at radius 3 is 2.75 bits per heavy atom. The number of hydrogen-bond donors (Lipinski definition) is 1. The molecule has 0 bridgehead atoms. The highest BCUT2D eigenvalue weighted by Crippen LogP contribution is 2.22. The standard InChI is InChI=1S/C14H24N4OS/c1-4-18(9-11-5-7-15-8-6-11)14(19)13-12(10(2)3)16-17-20-13/h10-11,15H,4-9H2,1-3H3. The summed E-state index contributed by atoms with van der Waals surface area (Å²) in [7, 11) is 0. The maximum atomic E-state index is 12.7. The third kappa shape index (κ3) is 3.55. The summed E-state index contributed by atoms with van der Waals surface area (Å²) in [6.07, 6.45) is 2.31. The van der Waals surface area contributed by atoms with Crippen molar-refractivity contribution in [2.75, 3.05) is 26.2 Å². The molecule has 0 aliphatic carbocycles. The number of aromatic nitrogens is 2. The van der Waals surface area contributed by atoms with Gasteiger partial charge in [-0.2, -0.15) is 0 Å². The molecule has 0 atom stereocenters. The van der Waals surface area contributed by atoms with Crippen molar-refractivity contribution in [3.05, 3.63) is 10.6 Å². The molecule has 0 spiro atoms. The molecule has 1 amide bonds. The zero-order valence-corrected chi connectivity index (χ0v) is 13.4. The van der Waals surface area contributed by atoms with E-state index >= 15 is 0 Å². The summed E-state index contributed by atoms with van der Waals surface area (Å²) in [4.78, 5) is 15.4. The van der Waals surface area contributed by atoms with E-state index in [1.54, 1.807) is 0 Å². The number of nitrogens with zero attached hydrogens (tertiary/aromatic N) is 3. The maximum Gasteiger partial charge on any atom is 0.267 e. The molecule has 20 heavy (non-hydrogen) atoms. The fourth-order valence-electron chi connectivity index (χ4n) is 2.60. The Kier molecular flexibility index (Phi) is 5.48. The van der Waals surface area contributed by atoms with Crippen molar-refractivity contribution in [2.45, 2.75) is 39.5 Å². The van der Waals surface area contributed by atoms with E-state index in [1.807, 2.05) is 11.8 Å². The molecule has 0 saturated carbocycles. The monoisotopic (exact) mass is 296 g/mol. The molecule has 1 aliphatic heterocycles. The number of amides is 1. The topological polar surface area (TPSA) is 58.1 Å². The summed E-state index contributed by atoms with van der Waals surface area (Å²) >= 11 is 1.23. The SMILES string of the molecule is CCN(CC1CCNCC1)C(=O)c1snnc1C(C)C. The third-order valence-electron chi connectivity index (χ3n) is 3.86. The molecule has 0 radical (unpaired) electrons. The predicted octanol–water partition coefficient (Wildman–Crippen LogP) is 2.12. The molecule has 1 N–H and O–H groups in total. The predicted molar refractivity (Wildman–Crippen MR) is 81.2 cm³/mol. The molecule has 1 fully saturated rings. The van der Waals surface area contributed by atoms with E-state index in [-0.39, 0.29) is 11.8 Å². The summed E-state index contributed by atoms with van der Waals surface area (Å²) in [5.74, 6) is 0.957. The molecule has 1 aromatic heterocycles. The smallest absolute Gasteiger partial charge is 0.267 e. The van der Waals surface area contributed by atoms with Gasteiger partial charge in [0, 0.05) is 13.1 Å². The molecule has 2 rings (SSSR count). The zero-order valence-electron chi connectivity index (χ0n) is 12.6. The first-order valence-corrected chi connectivity index (χ1v) is 8.23. The largest absolute Gasteiger partial charge is 0.338 e. The fourth-order valence-corrected chi connectivity index (χ4v) is 3.39. The molecule has 6 heteroatoms. The van der Waals surface area contributed by atoms with Crippen molar-refractivity contribution in [1.82, 2.24) is 19.8 Å². The number of piperidine rings is 1. The Labute approximate surface area is 124 Å². The first-order chi connectivity index (χ1) is 9.63. The molecule has 1 aromatic rings. The zero-order chi connectivity index (χ0) is 14.5. The highest BCUT2D eigenvalue weighted by atomic mass is 32.1. The van der Waals surface area contributed by atoms with Crippen LogP contribution in [0, 0.1) is 5.92 Å². The first kappa shape index (κ1) is 15.4. The average Bonchev–Trinajstić information content (AvgIpc) is 2.94. The normalized spacial score (nSPS) is 16.6. The van der Waals surface area contributed by atoms with Crippen LogP contribution < -0.4 is 5.32 Å². The Balaban J connectivity index is 2.06. The molecule has 2 heterocycles. The van der Waals surface area contributed by atoms with Crippen LogP contribution in [0.15, 0.2) is 0 Å². The molecule has 1 aliphatic rings. The number of hydrogen-bond acceptors (Lipinski definition) is 5. The summed E-state index contributed by atoms with van der Waals surface area (Å²) < 4.78 is 3.96. The molecule has 0 aromatic carbocycles. The highest BCUT2D eigenvalue weighted by molar-refractivity contribution is 7.08. The lowest BCUT2D eigenvalue weighted by molar-refractivity contribution is 0.0730. The van der Waals surface area contributed by atoms with Gasteiger partial charge in [0.05, 0.1) is 5.69 Å². The van der Waals surface area contributed by atoms with Crippen molar-refractivity contribution in [1.29, 1.82) is 0 Å². The lowest BCUT2D eigenvalue weighted by Crippen LogP contribution is -2.39. The van der Waals surface area contributed by atoms with Gasteiger partial charge < -0.3 is 10.2 Å². The van der Waals surface area contributed by atoms with Crippen LogP contribution in [0.4, 0.5) is 0 Å². The molecule has 0 unspecified atom stereocenters. The van der Waals surface area contributed by atoms with E-state index in [1.165, 1.54) is 11.5 Å². The number of rotatable bonds is 5. The summed E-state index contributed by atoms with van der Waals surface area (Å²) in [5.41, 5.74) is 0.837. The molecular weight excluding hydrogens is 272 g/mol. The first-order valence-electron chi connectivity index (χ1n) is 7.45. The van der Waals surface area contributed by atoms with Gasteiger partial charge in [-0.25, -0.2) is 0 Å². The van der Waals surface area contributed by atoms with E-state index < -0.39 is 0 Å². The minimum absolute atomic E-state index is 0.102. The van der Waals surface area contributed by atoms with Gasteiger partial charge in [0.2, 0.25) is 0 Å². The molecule has 112 valence electrons. The van der Waals surface area contributed by atoms with Gasteiger partial charge in [0.25, 0.3) is 5.91 Å². The van der Waals surface area contributed by atoms with Gasteiger partial charge in [-0.15, -0.1) is 5.10 Å². The number of nitrogens with one attached hydrogen (secondary N) is 1. The lowest BCUT2D eigenvalue weighted by atomic mass is 9.97. The second-order valence-electron chi connectivity index (χ2n) is 5.68. The quantitative estimate of drug-likeness (QED) is 0.904. The van der Waals surface area contributed by atoms with Gasteiger partial charge in [-0.3, -0.25) is 4.79 Å². The number of carbonyl (C=O) groups excluding carboxylic acids is 1. The second kappa shape index (κ2) is 7.13. The van der Waals surface area contributed by atoms with Crippen LogP contribution >= 0.6 is 11.5 Å². The van der Waals surface area contributed by atoms with Crippen molar-refractivity contribution in [3.8, 4) is 0 Å². The van der Waals surface area contributed by atoms with Crippen LogP contribution in [0.5, 0.6) is 0 Å². The fraction of sp³-hybridized carbons (Fsp3) is 0.786. The number of carbonyl (C=O) groups is 1. The van der Waals surface area contributed by atoms with E-state index in [0.29, 0.717) is 5.92 Å². The Hall–Kier alpha value is -1.01. The molecule has 1 saturated heterocycles. The lowest BCUT2D eigenvalue weighted by Gasteiger charge is -2.29. The van der Waals surface area contributed by atoms with Crippen molar-refractivity contribution in [3.63, 3.8) is 0 Å². The van der Waals surface area contributed by atoms with Gasteiger partial charge in [-0.05, 0) is 56.2 Å². The second-order valence-corrected chi connectivity index (χ2v) is 6.43. The van der Waals surface area contributed by atoms with Crippen molar-refractivity contribution in [2.24, 2.45) is 5.92 Å². The van der Waals surface area contributed by atoms with Crippen LogP contribution in [-0.4, -0.2) is 46.6 Å². The Morgan fingerprint density at radius 2 is 2.15 bits per heavy atom. The van der Waals surface area contributed by atoms with Gasteiger partial charge in [0.1, 0.15) is 4.88 Å². The van der Waals surface area contributed by atoms with Gasteiger partial charge in [-0.1, -0.05) is 18.3 Å². The Morgan fingerprint density at radius 1 is 1.45 bits per heavy atom. The van der Waals surface area contributed by atoms with Crippen LogP contribution in [0.3, 0.4) is 0 Å². The van der Waals surface area contributed by atoms with Crippen LogP contribution in [-0.2, 0) is 0 Å². The summed E-state index contributed by atoms with van der Waals surface area (Å²) in [6, 6.07) is 0. The van der Waals surface area contributed by atoms with E-state index in [4.69, 9.17) is 0 Å². The van der Waals surface area contributed by atoms with E-state index in [9.17, 15) is 4.79 Å². The average molecular weight is 296 g/mol. The maximum absolute atomic E-state index is 12.7. The van der Waals surface area contributed by atoms with E-state index in [0.717, 1.165) is 49.6 Å². The Bertz CT molecular complexity index is 440. The highest BCUT2D eigenvalue weighted by Gasteiger charge is 2.25. The van der Waals surface area contributed by atoms with Crippen LogP contribution in [0.1, 0.15) is 54.9 Å². The van der Waals surface area contributed by atoms with Crippen LogP contribution in [0.25, 0.3) is 0 Å². The minimum atomic E-state index is 0.102. The van der Waals surface area contributed by atoms with Crippen LogP contribution in [0.2, 0.25) is 0 Å². The summed E-state index contributed by atoms with van der Waals surface area (Å²) in [5, 5.41) is 7.48. The van der Waals surface area contributed by atoms with Gasteiger partial charge >= 0.3 is 0 Å². The third-order valence-corrected chi connectivity index (χ3v) is 4.59. The van der Waals surface area contributed by atoms with Crippen molar-refractivity contribution < 1.29 is 4.79 Å². The van der Waals surface area contributed by atoms with E-state index in [2.05, 4.69) is 28.8 Å². The summed E-state index contributed by atoms with van der Waals surface area (Å²) in [6.45, 7) is 9.88.